The smallest absolute Gasteiger partial charge is 0.230 e. The molecule has 4 nitrogen and oxygen atoms in total. The van der Waals surface area contributed by atoms with Crippen molar-refractivity contribution in [3.8, 4) is 11.3 Å². The van der Waals surface area contributed by atoms with E-state index in [1.807, 2.05) is 31.2 Å². The van der Waals surface area contributed by atoms with Crippen molar-refractivity contribution in [2.45, 2.75) is 13.3 Å². The van der Waals surface area contributed by atoms with Gasteiger partial charge < -0.3 is 9.84 Å². The number of aryl methyl sites for hydroxylation is 1. The van der Waals surface area contributed by atoms with Crippen LogP contribution in [0.25, 0.3) is 11.3 Å². The molecule has 0 aliphatic heterocycles. The lowest BCUT2D eigenvalue weighted by Gasteiger charge is -2.05. The first kappa shape index (κ1) is 15.9. The number of hydrogen-bond acceptors (Lipinski definition) is 3. The molecular weight excluding hydrogens is 314 g/mol. The standard InChI is InChI=1S/C18H14F2N2O2/c1-11-2-4-12(5-3-11)17-9-14(22-24-17)10-18(23)21-16-8-13(19)6-7-15(16)20/h2-9H,10H2,1H3,(H,21,23). The first-order valence-electron chi connectivity index (χ1n) is 7.29. The summed E-state index contributed by atoms with van der Waals surface area (Å²) in [6, 6.07) is 12.2. The number of carbonyl (C=O) groups is 1. The summed E-state index contributed by atoms with van der Waals surface area (Å²) in [5.41, 5.74) is 2.16. The van der Waals surface area contributed by atoms with Gasteiger partial charge in [0.1, 0.15) is 11.6 Å². The van der Waals surface area contributed by atoms with Crippen molar-refractivity contribution >= 4 is 11.6 Å². The molecule has 0 saturated carbocycles. The van der Waals surface area contributed by atoms with Gasteiger partial charge in [-0.2, -0.15) is 0 Å². The summed E-state index contributed by atoms with van der Waals surface area (Å²) in [5, 5.41) is 6.15. The lowest BCUT2D eigenvalue weighted by atomic mass is 10.1. The van der Waals surface area contributed by atoms with Gasteiger partial charge in [0, 0.05) is 17.7 Å². The molecule has 1 N–H and O–H groups in total. The van der Waals surface area contributed by atoms with E-state index in [0.29, 0.717) is 11.5 Å². The predicted molar refractivity (Wildman–Crippen MR) is 85.4 cm³/mol. The van der Waals surface area contributed by atoms with Gasteiger partial charge in [-0.05, 0) is 19.1 Å². The molecule has 0 aliphatic rings. The molecule has 0 spiro atoms. The zero-order valence-electron chi connectivity index (χ0n) is 12.8. The Morgan fingerprint density at radius 2 is 1.88 bits per heavy atom. The Balaban J connectivity index is 1.69. The molecule has 0 bridgehead atoms. The molecular formula is C18H14F2N2O2. The normalized spacial score (nSPS) is 10.6. The second kappa shape index (κ2) is 6.62. The van der Waals surface area contributed by atoms with Crippen molar-refractivity contribution in [3.63, 3.8) is 0 Å². The summed E-state index contributed by atoms with van der Waals surface area (Å²) in [7, 11) is 0. The zero-order valence-corrected chi connectivity index (χ0v) is 12.8. The summed E-state index contributed by atoms with van der Waals surface area (Å²) in [5.74, 6) is -1.31. The van der Waals surface area contributed by atoms with Crippen LogP contribution in [0.4, 0.5) is 14.5 Å². The maximum Gasteiger partial charge on any atom is 0.230 e. The number of aromatic nitrogens is 1. The van der Waals surface area contributed by atoms with E-state index < -0.39 is 17.5 Å². The van der Waals surface area contributed by atoms with Gasteiger partial charge in [-0.25, -0.2) is 8.78 Å². The minimum Gasteiger partial charge on any atom is -0.356 e. The van der Waals surface area contributed by atoms with Crippen LogP contribution in [-0.2, 0) is 11.2 Å². The molecule has 24 heavy (non-hydrogen) atoms. The minimum atomic E-state index is -0.703. The van der Waals surface area contributed by atoms with Gasteiger partial charge in [0.05, 0.1) is 17.8 Å². The van der Waals surface area contributed by atoms with Gasteiger partial charge in [-0.15, -0.1) is 0 Å². The number of nitrogens with zero attached hydrogens (tertiary/aromatic N) is 1. The Morgan fingerprint density at radius 1 is 1.12 bits per heavy atom. The number of nitrogens with one attached hydrogen (secondary N) is 1. The van der Waals surface area contributed by atoms with Gasteiger partial charge in [0.15, 0.2) is 5.76 Å². The molecule has 2 aromatic carbocycles. The summed E-state index contributed by atoms with van der Waals surface area (Å²) in [6.45, 7) is 1.98. The Kier molecular flexibility index (Phi) is 4.37. The van der Waals surface area contributed by atoms with Crippen LogP contribution in [0.2, 0.25) is 0 Å². The van der Waals surface area contributed by atoms with Crippen LogP contribution in [0, 0.1) is 18.6 Å². The van der Waals surface area contributed by atoms with E-state index in [9.17, 15) is 13.6 Å². The van der Waals surface area contributed by atoms with Crippen molar-refractivity contribution in [3.05, 3.63) is 71.4 Å². The number of carbonyl (C=O) groups excluding carboxylic acids is 1. The first-order valence-corrected chi connectivity index (χ1v) is 7.29. The van der Waals surface area contributed by atoms with Crippen LogP contribution in [0.3, 0.4) is 0 Å². The van der Waals surface area contributed by atoms with E-state index in [1.165, 1.54) is 0 Å². The highest BCUT2D eigenvalue weighted by molar-refractivity contribution is 5.92. The van der Waals surface area contributed by atoms with Crippen LogP contribution < -0.4 is 5.32 Å². The number of rotatable bonds is 4. The SMILES string of the molecule is Cc1ccc(-c2cc(CC(=O)Nc3cc(F)ccc3F)no2)cc1. The molecule has 3 rings (SSSR count). The molecule has 0 fully saturated rings. The summed E-state index contributed by atoms with van der Waals surface area (Å²) in [6.07, 6.45) is -0.106. The van der Waals surface area contributed by atoms with Gasteiger partial charge in [-0.1, -0.05) is 35.0 Å². The van der Waals surface area contributed by atoms with E-state index >= 15 is 0 Å². The third kappa shape index (κ3) is 3.65. The lowest BCUT2D eigenvalue weighted by Crippen LogP contribution is -2.15. The molecule has 1 aromatic heterocycles. The molecule has 6 heteroatoms. The highest BCUT2D eigenvalue weighted by Crippen LogP contribution is 2.21. The predicted octanol–water partition coefficient (Wildman–Crippen LogP) is 4.11. The second-order valence-corrected chi connectivity index (χ2v) is 5.40. The van der Waals surface area contributed by atoms with E-state index in [-0.39, 0.29) is 12.1 Å². The average Bonchev–Trinajstić information content (AvgIpc) is 3.00. The van der Waals surface area contributed by atoms with E-state index in [4.69, 9.17) is 4.52 Å². The molecule has 0 radical (unpaired) electrons. The number of hydrogen-bond donors (Lipinski definition) is 1. The largest absolute Gasteiger partial charge is 0.356 e. The highest BCUT2D eigenvalue weighted by Gasteiger charge is 2.13. The quantitative estimate of drug-likeness (QED) is 0.784. The lowest BCUT2D eigenvalue weighted by molar-refractivity contribution is -0.115. The molecule has 0 saturated heterocycles. The Bertz CT molecular complexity index is 873. The maximum atomic E-state index is 13.5. The van der Waals surface area contributed by atoms with Crippen LogP contribution in [-0.4, -0.2) is 11.1 Å². The Morgan fingerprint density at radius 3 is 2.62 bits per heavy atom. The fourth-order valence-corrected chi connectivity index (χ4v) is 2.20. The van der Waals surface area contributed by atoms with Crippen LogP contribution in [0.15, 0.2) is 53.1 Å². The monoisotopic (exact) mass is 328 g/mol. The topological polar surface area (TPSA) is 55.1 Å². The van der Waals surface area contributed by atoms with Crippen molar-refractivity contribution in [2.24, 2.45) is 0 Å². The fraction of sp³-hybridized carbons (Fsp3) is 0.111. The van der Waals surface area contributed by atoms with Gasteiger partial charge in [0.2, 0.25) is 5.91 Å². The van der Waals surface area contributed by atoms with Gasteiger partial charge in [-0.3, -0.25) is 4.79 Å². The van der Waals surface area contributed by atoms with Gasteiger partial charge in [0.25, 0.3) is 0 Å². The van der Waals surface area contributed by atoms with Crippen LogP contribution in [0.1, 0.15) is 11.3 Å². The molecule has 0 atom stereocenters. The molecule has 122 valence electrons. The summed E-state index contributed by atoms with van der Waals surface area (Å²) < 4.78 is 31.8. The van der Waals surface area contributed by atoms with E-state index in [0.717, 1.165) is 29.3 Å². The van der Waals surface area contributed by atoms with Crippen molar-refractivity contribution in [1.29, 1.82) is 0 Å². The third-order valence-corrected chi connectivity index (χ3v) is 3.44. The number of halogens is 2. The third-order valence-electron chi connectivity index (χ3n) is 3.44. The summed E-state index contributed by atoms with van der Waals surface area (Å²) >= 11 is 0. The molecule has 3 aromatic rings. The average molecular weight is 328 g/mol. The molecule has 0 aliphatic carbocycles. The van der Waals surface area contributed by atoms with Crippen LogP contribution >= 0.6 is 0 Å². The highest BCUT2D eigenvalue weighted by atomic mass is 19.1. The first-order chi connectivity index (χ1) is 11.5. The summed E-state index contributed by atoms with van der Waals surface area (Å²) in [4.78, 5) is 12.0. The molecule has 1 amide bonds. The Hall–Kier alpha value is -3.02. The Labute approximate surface area is 137 Å². The van der Waals surface area contributed by atoms with Crippen molar-refractivity contribution in [2.75, 3.05) is 5.32 Å². The number of benzene rings is 2. The van der Waals surface area contributed by atoms with Crippen LogP contribution in [0.5, 0.6) is 0 Å². The zero-order chi connectivity index (χ0) is 17.1. The van der Waals surface area contributed by atoms with Gasteiger partial charge >= 0.3 is 0 Å². The molecule has 1 heterocycles. The number of amides is 1. The second-order valence-electron chi connectivity index (χ2n) is 5.40. The fourth-order valence-electron chi connectivity index (χ4n) is 2.20. The maximum absolute atomic E-state index is 13.5. The van der Waals surface area contributed by atoms with E-state index in [1.54, 1.807) is 6.07 Å². The minimum absolute atomic E-state index is 0.106. The number of anilines is 1. The molecule has 0 unspecified atom stereocenters. The van der Waals surface area contributed by atoms with E-state index in [2.05, 4.69) is 10.5 Å². The van der Waals surface area contributed by atoms with Crippen molar-refractivity contribution < 1.29 is 18.1 Å². The van der Waals surface area contributed by atoms with Crippen molar-refractivity contribution in [1.82, 2.24) is 5.16 Å².